The Labute approximate surface area is 452 Å². The summed E-state index contributed by atoms with van der Waals surface area (Å²) in [7, 11) is -3.12. The van der Waals surface area contributed by atoms with E-state index in [9.17, 15) is 19.9 Å². The number of hydrogen-bond acceptors (Lipinski definition) is 12. The number of carbonyl (C=O) groups is 2. The van der Waals surface area contributed by atoms with Crippen molar-refractivity contribution in [3.8, 4) is 0 Å². The standard InChI is InChI=1S/C58H89N7O10Si/c1-7-10-11-12-13-14-15-16-17-18-19-20-28-35-51(67)72-49-41-65(38-30-23-29-37-64-39-36-50(66)62-56(64)69)47(43-70-55-53-52(48(73-55)40-60-63-59)74-58(8-2,9-3)75-53)54(68)61-46(49)42-71-76(57(4,5)6,44-31-24-21-25-32-44)45-33-26-22-27-34-45/h21-22,24-27,31-34,36,39,46-49,52-53,55H,7-20,23,28-30,35,37-38,40-43H2,1-6H3,(H,61,68)(H,62,66,69)/t46-,47+,48-,49+,52-,53-,55-/m1/s1. The van der Waals surface area contributed by atoms with E-state index in [1.165, 1.54) is 74.6 Å². The van der Waals surface area contributed by atoms with Gasteiger partial charge in [0.2, 0.25) is 5.91 Å². The van der Waals surface area contributed by atoms with Crippen LogP contribution in [-0.2, 0) is 44.2 Å². The van der Waals surface area contributed by atoms with Gasteiger partial charge in [-0.2, -0.15) is 0 Å². The first-order valence-electron chi connectivity index (χ1n) is 28.7. The van der Waals surface area contributed by atoms with Gasteiger partial charge in [-0.05, 0) is 59.6 Å². The summed E-state index contributed by atoms with van der Waals surface area (Å²) < 4.78 is 41.5. The molecule has 17 nitrogen and oxygen atoms in total. The largest absolute Gasteiger partial charge is 0.459 e. The summed E-state index contributed by atoms with van der Waals surface area (Å²) in [5.41, 5.74) is 8.30. The molecule has 1 aromatic heterocycles. The summed E-state index contributed by atoms with van der Waals surface area (Å²) >= 11 is 0. The van der Waals surface area contributed by atoms with Gasteiger partial charge in [0.1, 0.15) is 24.4 Å². The normalized spacial score (nSPS) is 22.7. The van der Waals surface area contributed by atoms with Gasteiger partial charge in [-0.25, -0.2) is 4.79 Å². The first-order valence-corrected chi connectivity index (χ1v) is 30.6. The highest BCUT2D eigenvalue weighted by Gasteiger charge is 2.58. The van der Waals surface area contributed by atoms with Crippen LogP contribution in [0.4, 0.5) is 0 Å². The van der Waals surface area contributed by atoms with Crippen LogP contribution in [0, 0.1) is 0 Å². The maximum absolute atomic E-state index is 15.1. The van der Waals surface area contributed by atoms with E-state index in [4.69, 9.17) is 28.1 Å². The van der Waals surface area contributed by atoms with Crippen LogP contribution in [0.2, 0.25) is 5.04 Å². The Morgan fingerprint density at radius 1 is 0.776 bits per heavy atom. The summed E-state index contributed by atoms with van der Waals surface area (Å²) in [5.74, 6) is -1.49. The van der Waals surface area contributed by atoms with E-state index in [-0.39, 0.29) is 49.6 Å². The molecule has 3 saturated heterocycles. The van der Waals surface area contributed by atoms with E-state index in [1.807, 2.05) is 55.1 Å². The number of carbonyl (C=O) groups excluding carboxylic acids is 2. The molecule has 76 heavy (non-hydrogen) atoms. The lowest BCUT2D eigenvalue weighted by Crippen LogP contribution is -2.68. The summed E-state index contributed by atoms with van der Waals surface area (Å²) in [6.07, 6.45) is 16.9. The molecule has 3 aromatic rings. The number of benzene rings is 2. The molecule has 420 valence electrons. The Morgan fingerprint density at radius 3 is 1.93 bits per heavy atom. The Kier molecular flexibility index (Phi) is 24.3. The number of aryl methyl sites for hydroxylation is 1. The Bertz CT molecular complexity index is 2330. The lowest BCUT2D eigenvalue weighted by atomic mass is 10.0. The highest BCUT2D eigenvalue weighted by atomic mass is 28.4. The van der Waals surface area contributed by atoms with Crippen LogP contribution in [0.1, 0.15) is 164 Å². The summed E-state index contributed by atoms with van der Waals surface area (Å²) in [4.78, 5) is 60.7. The lowest BCUT2D eigenvalue weighted by Gasteiger charge is -2.44. The molecule has 0 saturated carbocycles. The van der Waals surface area contributed by atoms with E-state index in [2.05, 4.69) is 72.3 Å². The van der Waals surface area contributed by atoms with Gasteiger partial charge < -0.3 is 38.0 Å². The fraction of sp³-hybridized carbons (Fsp3) is 0.690. The third kappa shape index (κ3) is 16.7. The molecule has 3 fully saturated rings. The second-order valence-electron chi connectivity index (χ2n) is 22.1. The van der Waals surface area contributed by atoms with Crippen molar-refractivity contribution in [3.05, 3.63) is 104 Å². The highest BCUT2D eigenvalue weighted by molar-refractivity contribution is 6.99. The second-order valence-corrected chi connectivity index (χ2v) is 26.4. The molecule has 3 aliphatic rings. The number of esters is 1. The molecular formula is C58H89N7O10Si. The number of hydrogen-bond donors (Lipinski definition) is 2. The molecule has 2 aromatic carbocycles. The van der Waals surface area contributed by atoms with Crippen LogP contribution in [0.3, 0.4) is 0 Å². The molecule has 0 radical (unpaired) electrons. The summed E-state index contributed by atoms with van der Waals surface area (Å²) in [5, 5.41) is 8.94. The smallest absolute Gasteiger partial charge is 0.328 e. The van der Waals surface area contributed by atoms with Crippen molar-refractivity contribution in [2.75, 3.05) is 32.8 Å². The van der Waals surface area contributed by atoms with Crippen LogP contribution in [0.25, 0.3) is 10.4 Å². The minimum atomic E-state index is -3.12. The van der Waals surface area contributed by atoms with E-state index in [0.29, 0.717) is 51.6 Å². The Balaban J connectivity index is 1.23. The molecule has 0 unspecified atom stereocenters. The zero-order chi connectivity index (χ0) is 54.4. The van der Waals surface area contributed by atoms with Crippen LogP contribution in [-0.4, -0.2) is 116 Å². The number of rotatable bonds is 33. The van der Waals surface area contributed by atoms with Gasteiger partial charge >= 0.3 is 11.7 Å². The molecule has 6 rings (SSSR count). The van der Waals surface area contributed by atoms with Crippen molar-refractivity contribution in [3.63, 3.8) is 0 Å². The zero-order valence-corrected chi connectivity index (χ0v) is 47.5. The third-order valence-corrected chi connectivity index (χ3v) is 20.6. The van der Waals surface area contributed by atoms with Crippen LogP contribution in [0.15, 0.2) is 87.6 Å². The van der Waals surface area contributed by atoms with Crippen molar-refractivity contribution in [1.29, 1.82) is 0 Å². The van der Waals surface area contributed by atoms with Crippen LogP contribution >= 0.6 is 0 Å². The Hall–Kier alpha value is -4.65. The number of nitrogens with zero attached hydrogens (tertiary/aromatic N) is 5. The number of H-pyrrole nitrogens is 1. The number of amides is 1. The molecule has 4 heterocycles. The quantitative estimate of drug-likeness (QED) is 0.0147. The number of fused-ring (bicyclic) bond motifs is 1. The predicted molar refractivity (Wildman–Crippen MR) is 298 cm³/mol. The number of aromatic nitrogens is 2. The van der Waals surface area contributed by atoms with Gasteiger partial charge in [-0.15, -0.1) is 0 Å². The predicted octanol–water partition coefficient (Wildman–Crippen LogP) is 9.20. The molecule has 0 aliphatic carbocycles. The first kappa shape index (κ1) is 60.6. The summed E-state index contributed by atoms with van der Waals surface area (Å²) in [6, 6.07) is 20.4. The van der Waals surface area contributed by atoms with E-state index >= 15 is 4.79 Å². The number of unbranched alkanes of at least 4 members (excludes halogenated alkanes) is 14. The van der Waals surface area contributed by atoms with Gasteiger partial charge in [0.15, 0.2) is 12.1 Å². The number of nitrogens with one attached hydrogen (secondary N) is 2. The van der Waals surface area contributed by atoms with Crippen molar-refractivity contribution in [2.45, 2.75) is 224 Å². The van der Waals surface area contributed by atoms with E-state index in [1.54, 1.807) is 0 Å². The van der Waals surface area contributed by atoms with Gasteiger partial charge in [0.25, 0.3) is 13.9 Å². The fourth-order valence-corrected chi connectivity index (χ4v) is 15.8. The maximum Gasteiger partial charge on any atom is 0.328 e. The molecule has 18 heteroatoms. The van der Waals surface area contributed by atoms with Crippen molar-refractivity contribution in [1.82, 2.24) is 19.8 Å². The number of azide groups is 1. The average Bonchev–Trinajstić information content (AvgIpc) is 3.92. The van der Waals surface area contributed by atoms with Crippen molar-refractivity contribution in [2.24, 2.45) is 5.11 Å². The minimum absolute atomic E-state index is 0.0188. The lowest BCUT2D eigenvalue weighted by molar-refractivity contribution is -0.249. The van der Waals surface area contributed by atoms with Gasteiger partial charge in [-0.1, -0.05) is 191 Å². The summed E-state index contributed by atoms with van der Waals surface area (Å²) in [6.45, 7) is 13.9. The van der Waals surface area contributed by atoms with Gasteiger partial charge in [-0.3, -0.25) is 24.3 Å². The van der Waals surface area contributed by atoms with Crippen molar-refractivity contribution >= 4 is 30.6 Å². The minimum Gasteiger partial charge on any atom is -0.459 e. The first-order chi connectivity index (χ1) is 36.8. The highest BCUT2D eigenvalue weighted by Crippen LogP contribution is 2.43. The monoisotopic (exact) mass is 1070 g/mol. The topological polar surface area (TPSA) is 208 Å². The third-order valence-electron chi connectivity index (χ3n) is 15.6. The SMILES string of the molecule is CCCCCCCCCCCCCCCC(=O)O[C@H]1CN(CCCCCn2ccc(=O)[nH]c2=O)[C@@H](CO[C@@H]2O[C@H](CN=[N+]=[N-])[C@H]3OC(CC)(CC)O[C@@H]23)C(=O)N[C@@H]1CO[Si](c1ccccc1)(c1ccccc1)C(C)(C)C. The molecule has 0 spiro atoms. The second kappa shape index (κ2) is 30.5. The molecule has 3 aliphatic heterocycles. The molecule has 1 amide bonds. The molecule has 0 bridgehead atoms. The van der Waals surface area contributed by atoms with E-state index in [0.717, 1.165) is 29.6 Å². The molecular weight excluding hydrogens is 983 g/mol. The molecule has 2 N–H and O–H groups in total. The maximum atomic E-state index is 15.1. The average molecular weight is 1070 g/mol. The zero-order valence-electron chi connectivity index (χ0n) is 46.5. The van der Waals surface area contributed by atoms with Gasteiger partial charge in [0.05, 0.1) is 31.9 Å². The Morgan fingerprint density at radius 2 is 1.36 bits per heavy atom. The van der Waals surface area contributed by atoms with Crippen LogP contribution in [0.5, 0.6) is 0 Å². The van der Waals surface area contributed by atoms with Crippen molar-refractivity contribution < 1.29 is 37.7 Å². The number of ether oxygens (including phenoxy) is 5. The molecule has 7 atom stereocenters. The van der Waals surface area contributed by atoms with Crippen LogP contribution < -0.4 is 26.9 Å². The number of aromatic amines is 1. The van der Waals surface area contributed by atoms with E-state index < -0.39 is 68.1 Å². The van der Waals surface area contributed by atoms with Gasteiger partial charge in [0, 0.05) is 36.7 Å². The fourth-order valence-electron chi connectivity index (χ4n) is 11.3.